The Balaban J connectivity index is 1.55. The van der Waals surface area contributed by atoms with Crippen LogP contribution in [0.15, 0.2) is 30.3 Å². The van der Waals surface area contributed by atoms with Crippen LogP contribution in [0.2, 0.25) is 0 Å². The van der Waals surface area contributed by atoms with Crippen molar-refractivity contribution in [3.05, 3.63) is 35.9 Å². The number of hydrogen-bond acceptors (Lipinski definition) is 1. The molecule has 3 aliphatic rings. The summed E-state index contributed by atoms with van der Waals surface area (Å²) in [7, 11) is 0. The Morgan fingerprint density at radius 3 is 2.57 bits per heavy atom. The van der Waals surface area contributed by atoms with Crippen molar-refractivity contribution < 1.29 is 0 Å². The molecule has 0 aromatic heterocycles. The van der Waals surface area contributed by atoms with Crippen LogP contribution in [0.25, 0.3) is 0 Å². The van der Waals surface area contributed by atoms with Gasteiger partial charge >= 0.3 is 0 Å². The first-order chi connectivity index (χ1) is 10.2. The van der Waals surface area contributed by atoms with E-state index in [9.17, 15) is 0 Å². The molecule has 5 atom stereocenters. The van der Waals surface area contributed by atoms with E-state index in [1.807, 2.05) is 0 Å². The van der Waals surface area contributed by atoms with Gasteiger partial charge in [0.15, 0.2) is 0 Å². The average Bonchev–Trinajstić information content (AvgIpc) is 3.11. The molecule has 1 aromatic carbocycles. The molecule has 0 aliphatic heterocycles. The minimum absolute atomic E-state index is 0.0642. The van der Waals surface area contributed by atoms with Gasteiger partial charge in [-0.05, 0) is 61.8 Å². The number of nitrogens with two attached hydrogens (primary N) is 1. The van der Waals surface area contributed by atoms with Crippen molar-refractivity contribution in [2.45, 2.75) is 69.2 Å². The van der Waals surface area contributed by atoms with Crippen molar-refractivity contribution in [2.75, 3.05) is 0 Å². The minimum Gasteiger partial charge on any atom is -0.325 e. The van der Waals surface area contributed by atoms with Gasteiger partial charge in [0.25, 0.3) is 0 Å². The summed E-state index contributed by atoms with van der Waals surface area (Å²) in [5.41, 5.74) is 8.60. The van der Waals surface area contributed by atoms with E-state index < -0.39 is 0 Å². The first-order valence-corrected chi connectivity index (χ1v) is 9.08. The summed E-state index contributed by atoms with van der Waals surface area (Å²) >= 11 is 0. The minimum atomic E-state index is 0.0642. The van der Waals surface area contributed by atoms with Crippen LogP contribution in [-0.2, 0) is 0 Å². The van der Waals surface area contributed by atoms with Crippen LogP contribution in [-0.4, -0.2) is 5.54 Å². The molecule has 0 amide bonds. The highest BCUT2D eigenvalue weighted by Gasteiger charge is 2.46. The second-order valence-electron chi connectivity index (χ2n) is 8.08. The third-order valence-corrected chi connectivity index (χ3v) is 6.81. The van der Waals surface area contributed by atoms with Crippen LogP contribution < -0.4 is 5.73 Å². The maximum Gasteiger partial charge on any atom is 0.0226 e. The van der Waals surface area contributed by atoms with Crippen LogP contribution in [0.1, 0.15) is 69.3 Å². The van der Waals surface area contributed by atoms with Crippen LogP contribution >= 0.6 is 0 Å². The fraction of sp³-hybridized carbons (Fsp3) is 0.700. The highest BCUT2D eigenvalue weighted by Crippen LogP contribution is 2.53. The van der Waals surface area contributed by atoms with Crippen LogP contribution in [0.3, 0.4) is 0 Å². The fourth-order valence-electron chi connectivity index (χ4n) is 5.81. The normalized spacial score (nSPS) is 42.3. The Bertz CT molecular complexity index is 482. The molecule has 2 bridgehead atoms. The highest BCUT2D eigenvalue weighted by atomic mass is 14.8. The van der Waals surface area contributed by atoms with Crippen molar-refractivity contribution in [3.63, 3.8) is 0 Å². The second-order valence-corrected chi connectivity index (χ2v) is 8.08. The topological polar surface area (TPSA) is 26.0 Å². The molecule has 3 fully saturated rings. The van der Waals surface area contributed by atoms with Gasteiger partial charge in [-0.3, -0.25) is 0 Å². The van der Waals surface area contributed by atoms with Gasteiger partial charge in [-0.25, -0.2) is 0 Å². The van der Waals surface area contributed by atoms with Crippen molar-refractivity contribution in [3.8, 4) is 0 Å². The van der Waals surface area contributed by atoms with E-state index in [0.717, 1.165) is 17.8 Å². The number of fused-ring (bicyclic) bond motifs is 2. The lowest BCUT2D eigenvalue weighted by Crippen LogP contribution is -2.49. The molecule has 0 saturated heterocycles. The SMILES string of the molecule is NC1(CC2CC3CCC2C3)CCCCC1c1ccccc1. The highest BCUT2D eigenvalue weighted by molar-refractivity contribution is 5.25. The Labute approximate surface area is 129 Å². The standard InChI is InChI=1S/C20H29N/c21-20(14-18-13-15-9-10-17(18)12-15)11-5-4-8-19(20)16-6-2-1-3-7-16/h1-3,6-7,15,17-19H,4-5,8-14,21H2. The predicted molar refractivity (Wildman–Crippen MR) is 88.1 cm³/mol. The summed E-state index contributed by atoms with van der Waals surface area (Å²) in [6, 6.07) is 11.1. The summed E-state index contributed by atoms with van der Waals surface area (Å²) in [4.78, 5) is 0. The monoisotopic (exact) mass is 283 g/mol. The zero-order valence-electron chi connectivity index (χ0n) is 13.1. The molecule has 1 nitrogen and oxygen atoms in total. The lowest BCUT2D eigenvalue weighted by molar-refractivity contribution is 0.171. The zero-order valence-corrected chi connectivity index (χ0v) is 13.1. The van der Waals surface area contributed by atoms with Crippen molar-refractivity contribution in [1.29, 1.82) is 0 Å². The molecular weight excluding hydrogens is 254 g/mol. The van der Waals surface area contributed by atoms with Gasteiger partial charge in [-0.2, -0.15) is 0 Å². The van der Waals surface area contributed by atoms with Gasteiger partial charge in [-0.1, -0.05) is 49.6 Å². The quantitative estimate of drug-likeness (QED) is 0.841. The van der Waals surface area contributed by atoms with Gasteiger partial charge in [0, 0.05) is 11.5 Å². The summed E-state index contributed by atoms with van der Waals surface area (Å²) < 4.78 is 0. The number of hydrogen-bond donors (Lipinski definition) is 1. The fourth-order valence-corrected chi connectivity index (χ4v) is 5.81. The van der Waals surface area contributed by atoms with E-state index in [0.29, 0.717) is 5.92 Å². The molecule has 3 saturated carbocycles. The summed E-state index contributed by atoms with van der Waals surface area (Å²) in [5, 5.41) is 0. The third-order valence-electron chi connectivity index (χ3n) is 6.81. The molecular formula is C20H29N. The molecule has 114 valence electrons. The Kier molecular flexibility index (Phi) is 3.57. The zero-order chi connectivity index (χ0) is 14.3. The molecule has 1 heteroatoms. The van der Waals surface area contributed by atoms with E-state index in [1.54, 1.807) is 0 Å². The summed E-state index contributed by atoms with van der Waals surface area (Å²) in [5.74, 6) is 3.57. The summed E-state index contributed by atoms with van der Waals surface area (Å²) in [6.45, 7) is 0. The maximum atomic E-state index is 7.05. The largest absolute Gasteiger partial charge is 0.325 e. The van der Waals surface area contributed by atoms with Gasteiger partial charge in [0.05, 0.1) is 0 Å². The van der Waals surface area contributed by atoms with Gasteiger partial charge < -0.3 is 5.73 Å². The van der Waals surface area contributed by atoms with E-state index in [1.165, 1.54) is 63.4 Å². The lowest BCUT2D eigenvalue weighted by atomic mass is 9.65. The first kappa shape index (κ1) is 13.8. The van der Waals surface area contributed by atoms with E-state index in [2.05, 4.69) is 30.3 Å². The molecule has 5 unspecified atom stereocenters. The van der Waals surface area contributed by atoms with Crippen molar-refractivity contribution in [2.24, 2.45) is 23.5 Å². The molecule has 21 heavy (non-hydrogen) atoms. The number of rotatable bonds is 3. The van der Waals surface area contributed by atoms with Crippen LogP contribution in [0.4, 0.5) is 0 Å². The molecule has 2 N–H and O–H groups in total. The maximum absolute atomic E-state index is 7.05. The Morgan fingerprint density at radius 2 is 1.86 bits per heavy atom. The summed E-state index contributed by atoms with van der Waals surface area (Å²) in [6.07, 6.45) is 12.5. The van der Waals surface area contributed by atoms with Crippen molar-refractivity contribution in [1.82, 2.24) is 0 Å². The van der Waals surface area contributed by atoms with Crippen LogP contribution in [0.5, 0.6) is 0 Å². The van der Waals surface area contributed by atoms with Crippen LogP contribution in [0, 0.1) is 17.8 Å². The van der Waals surface area contributed by atoms with Gasteiger partial charge in [-0.15, -0.1) is 0 Å². The molecule has 4 rings (SSSR count). The van der Waals surface area contributed by atoms with E-state index in [4.69, 9.17) is 5.73 Å². The van der Waals surface area contributed by atoms with E-state index in [-0.39, 0.29) is 5.54 Å². The third kappa shape index (κ3) is 2.54. The Hall–Kier alpha value is -0.820. The molecule has 1 aromatic rings. The molecule has 0 radical (unpaired) electrons. The number of benzene rings is 1. The molecule has 0 heterocycles. The first-order valence-electron chi connectivity index (χ1n) is 9.08. The predicted octanol–water partition coefficient (Wildman–Crippen LogP) is 4.87. The van der Waals surface area contributed by atoms with Gasteiger partial charge in [0.1, 0.15) is 0 Å². The Morgan fingerprint density at radius 1 is 1.00 bits per heavy atom. The van der Waals surface area contributed by atoms with Crippen molar-refractivity contribution >= 4 is 0 Å². The van der Waals surface area contributed by atoms with Gasteiger partial charge in [0.2, 0.25) is 0 Å². The molecule has 0 spiro atoms. The van der Waals surface area contributed by atoms with E-state index >= 15 is 0 Å². The average molecular weight is 283 g/mol. The smallest absolute Gasteiger partial charge is 0.0226 e. The molecule has 3 aliphatic carbocycles. The second kappa shape index (κ2) is 5.43. The lowest BCUT2D eigenvalue weighted by Gasteiger charge is -2.44.